The highest BCUT2D eigenvalue weighted by molar-refractivity contribution is 5.80. The molecule has 1 aliphatic rings. The van der Waals surface area contributed by atoms with Gasteiger partial charge >= 0.3 is 0 Å². The highest BCUT2D eigenvalue weighted by Crippen LogP contribution is 2.14. The van der Waals surface area contributed by atoms with E-state index < -0.39 is 0 Å². The van der Waals surface area contributed by atoms with Gasteiger partial charge in [-0.2, -0.15) is 0 Å². The first kappa shape index (κ1) is 12.7. The Kier molecular flexibility index (Phi) is 4.41. The molecule has 1 aromatic rings. The summed E-state index contributed by atoms with van der Waals surface area (Å²) in [7, 11) is 0. The molecule has 98 valence electrons. The molecule has 2 rings (SSSR count). The van der Waals surface area contributed by atoms with Crippen LogP contribution in [0.1, 0.15) is 12.8 Å². The molecule has 1 aliphatic heterocycles. The van der Waals surface area contributed by atoms with E-state index in [1.165, 1.54) is 0 Å². The summed E-state index contributed by atoms with van der Waals surface area (Å²) in [5.41, 5.74) is 6.29. The van der Waals surface area contributed by atoms with Crippen LogP contribution in [0.15, 0.2) is 24.3 Å². The first-order valence-corrected chi connectivity index (χ1v) is 6.13. The lowest BCUT2D eigenvalue weighted by molar-refractivity contribution is -0.130. The van der Waals surface area contributed by atoms with Crippen LogP contribution in [0, 0.1) is 0 Å². The van der Waals surface area contributed by atoms with Crippen molar-refractivity contribution in [2.24, 2.45) is 0 Å². The second-order valence-corrected chi connectivity index (χ2v) is 4.21. The maximum Gasteiger partial charge on any atom is 0.249 e. The fourth-order valence-electron chi connectivity index (χ4n) is 1.85. The van der Waals surface area contributed by atoms with Gasteiger partial charge in [-0.15, -0.1) is 0 Å². The molecular weight excluding hydrogens is 232 g/mol. The minimum absolute atomic E-state index is 0.0522. The smallest absolute Gasteiger partial charge is 0.249 e. The Balaban J connectivity index is 1.65. The SMILES string of the molecule is Nc1cccc(OCCNC(=O)C2CCCO2)c1. The first-order chi connectivity index (χ1) is 8.75. The maximum atomic E-state index is 11.6. The van der Waals surface area contributed by atoms with Crippen molar-refractivity contribution in [3.8, 4) is 5.75 Å². The van der Waals surface area contributed by atoms with Crippen LogP contribution in [0.2, 0.25) is 0 Å². The van der Waals surface area contributed by atoms with Crippen LogP contribution in [0.3, 0.4) is 0 Å². The minimum Gasteiger partial charge on any atom is -0.492 e. The van der Waals surface area contributed by atoms with Crippen molar-refractivity contribution in [3.63, 3.8) is 0 Å². The Morgan fingerprint density at radius 1 is 1.56 bits per heavy atom. The summed E-state index contributed by atoms with van der Waals surface area (Å²) >= 11 is 0. The van der Waals surface area contributed by atoms with Gasteiger partial charge in [-0.3, -0.25) is 4.79 Å². The molecule has 5 nitrogen and oxygen atoms in total. The Morgan fingerprint density at radius 2 is 2.44 bits per heavy atom. The molecule has 1 heterocycles. The number of rotatable bonds is 5. The van der Waals surface area contributed by atoms with Crippen LogP contribution in [0.25, 0.3) is 0 Å². The monoisotopic (exact) mass is 250 g/mol. The van der Waals surface area contributed by atoms with Gasteiger partial charge in [-0.1, -0.05) is 6.07 Å². The number of carbonyl (C=O) groups excluding carboxylic acids is 1. The lowest BCUT2D eigenvalue weighted by Gasteiger charge is -2.11. The number of nitrogens with one attached hydrogen (secondary N) is 1. The standard InChI is InChI=1S/C13H18N2O3/c14-10-3-1-4-11(9-10)17-8-6-15-13(16)12-5-2-7-18-12/h1,3-4,9,12H,2,5-8,14H2,(H,15,16). The van der Waals surface area contributed by atoms with Gasteiger partial charge in [0.15, 0.2) is 0 Å². The third-order valence-corrected chi connectivity index (χ3v) is 2.75. The Hall–Kier alpha value is -1.75. The highest BCUT2D eigenvalue weighted by atomic mass is 16.5. The van der Waals surface area contributed by atoms with Gasteiger partial charge in [-0.05, 0) is 25.0 Å². The maximum absolute atomic E-state index is 11.6. The average molecular weight is 250 g/mol. The van der Waals surface area contributed by atoms with E-state index in [0.717, 1.165) is 12.8 Å². The molecule has 0 bridgehead atoms. The fraction of sp³-hybridized carbons (Fsp3) is 0.462. The van der Waals surface area contributed by atoms with Gasteiger partial charge < -0.3 is 20.5 Å². The van der Waals surface area contributed by atoms with Crippen molar-refractivity contribution in [3.05, 3.63) is 24.3 Å². The normalized spacial score (nSPS) is 18.6. The van der Waals surface area contributed by atoms with Crippen molar-refractivity contribution in [1.82, 2.24) is 5.32 Å². The number of hydrogen-bond donors (Lipinski definition) is 2. The zero-order chi connectivity index (χ0) is 12.8. The first-order valence-electron chi connectivity index (χ1n) is 6.13. The van der Waals surface area contributed by atoms with E-state index in [-0.39, 0.29) is 12.0 Å². The summed E-state index contributed by atoms with van der Waals surface area (Å²) in [4.78, 5) is 11.6. The van der Waals surface area contributed by atoms with E-state index >= 15 is 0 Å². The summed E-state index contributed by atoms with van der Waals surface area (Å²) in [6.07, 6.45) is 1.48. The van der Waals surface area contributed by atoms with E-state index in [4.69, 9.17) is 15.2 Å². The third kappa shape index (κ3) is 3.63. The lowest BCUT2D eigenvalue weighted by atomic mass is 10.2. The predicted octanol–water partition coefficient (Wildman–Crippen LogP) is 0.943. The summed E-state index contributed by atoms with van der Waals surface area (Å²) in [5, 5.41) is 2.79. The van der Waals surface area contributed by atoms with E-state index in [2.05, 4.69) is 5.32 Å². The zero-order valence-corrected chi connectivity index (χ0v) is 10.2. The number of hydrogen-bond acceptors (Lipinski definition) is 4. The van der Waals surface area contributed by atoms with E-state index in [1.54, 1.807) is 12.1 Å². The third-order valence-electron chi connectivity index (χ3n) is 2.75. The molecule has 0 radical (unpaired) electrons. The predicted molar refractivity (Wildman–Crippen MR) is 68.3 cm³/mol. The molecule has 0 aliphatic carbocycles. The Labute approximate surface area is 106 Å². The number of anilines is 1. The molecular formula is C13H18N2O3. The molecule has 1 amide bonds. The van der Waals surface area contributed by atoms with Crippen LogP contribution in [-0.2, 0) is 9.53 Å². The molecule has 1 unspecified atom stereocenters. The van der Waals surface area contributed by atoms with Crippen molar-refractivity contribution in [2.75, 3.05) is 25.5 Å². The van der Waals surface area contributed by atoms with Crippen LogP contribution in [-0.4, -0.2) is 31.8 Å². The Bertz CT molecular complexity index is 403. The average Bonchev–Trinajstić information content (AvgIpc) is 2.88. The molecule has 0 spiro atoms. The molecule has 1 aromatic carbocycles. The van der Waals surface area contributed by atoms with Gasteiger partial charge in [0.2, 0.25) is 5.91 Å². The van der Waals surface area contributed by atoms with Crippen molar-refractivity contribution in [1.29, 1.82) is 0 Å². The second kappa shape index (κ2) is 6.26. The van der Waals surface area contributed by atoms with Crippen molar-refractivity contribution < 1.29 is 14.3 Å². The number of ether oxygens (including phenoxy) is 2. The summed E-state index contributed by atoms with van der Waals surface area (Å²) in [6, 6.07) is 7.21. The topological polar surface area (TPSA) is 73.6 Å². The molecule has 5 heteroatoms. The van der Waals surface area contributed by atoms with Crippen LogP contribution in [0.5, 0.6) is 5.75 Å². The summed E-state index contributed by atoms with van der Waals surface area (Å²) in [5.74, 6) is 0.657. The van der Waals surface area contributed by atoms with E-state index in [1.807, 2.05) is 12.1 Å². The number of nitrogen functional groups attached to an aromatic ring is 1. The van der Waals surface area contributed by atoms with Crippen LogP contribution in [0.4, 0.5) is 5.69 Å². The highest BCUT2D eigenvalue weighted by Gasteiger charge is 2.22. The molecule has 1 fully saturated rings. The number of carbonyl (C=O) groups is 1. The Morgan fingerprint density at radius 3 is 3.17 bits per heavy atom. The van der Waals surface area contributed by atoms with Gasteiger partial charge in [0.25, 0.3) is 0 Å². The quantitative estimate of drug-likeness (QED) is 0.602. The zero-order valence-electron chi connectivity index (χ0n) is 10.2. The number of amides is 1. The number of nitrogens with two attached hydrogens (primary N) is 1. The summed E-state index contributed by atoms with van der Waals surface area (Å²) in [6.45, 7) is 1.56. The van der Waals surface area contributed by atoms with E-state index in [9.17, 15) is 4.79 Å². The van der Waals surface area contributed by atoms with Crippen molar-refractivity contribution in [2.45, 2.75) is 18.9 Å². The molecule has 0 saturated carbocycles. The summed E-state index contributed by atoms with van der Waals surface area (Å²) < 4.78 is 10.7. The van der Waals surface area contributed by atoms with Crippen LogP contribution < -0.4 is 15.8 Å². The molecule has 18 heavy (non-hydrogen) atoms. The van der Waals surface area contributed by atoms with Crippen molar-refractivity contribution >= 4 is 11.6 Å². The van der Waals surface area contributed by atoms with Gasteiger partial charge in [-0.25, -0.2) is 0 Å². The largest absolute Gasteiger partial charge is 0.492 e. The van der Waals surface area contributed by atoms with Crippen LogP contribution >= 0.6 is 0 Å². The molecule has 1 saturated heterocycles. The number of benzene rings is 1. The van der Waals surface area contributed by atoms with E-state index in [0.29, 0.717) is 31.2 Å². The fourth-order valence-corrected chi connectivity index (χ4v) is 1.85. The second-order valence-electron chi connectivity index (χ2n) is 4.21. The molecule has 1 atom stereocenters. The minimum atomic E-state index is -0.280. The van der Waals surface area contributed by atoms with Gasteiger partial charge in [0.05, 0.1) is 6.54 Å². The van der Waals surface area contributed by atoms with Gasteiger partial charge in [0, 0.05) is 18.4 Å². The molecule has 3 N–H and O–H groups in total. The van der Waals surface area contributed by atoms with Gasteiger partial charge in [0.1, 0.15) is 18.5 Å². The lowest BCUT2D eigenvalue weighted by Crippen LogP contribution is -2.36. The molecule has 0 aromatic heterocycles.